The SMILES string of the molecule is c1ccc(-c2nnc3ccc(NCc4cccc5c4OCCCO5)nn23)cc1. The normalized spacial score (nSPS) is 13.3. The van der Waals surface area contributed by atoms with Crippen molar-refractivity contribution in [2.45, 2.75) is 13.0 Å². The van der Waals surface area contributed by atoms with Gasteiger partial charge >= 0.3 is 0 Å². The summed E-state index contributed by atoms with van der Waals surface area (Å²) in [6.45, 7) is 1.92. The maximum Gasteiger partial charge on any atom is 0.185 e. The minimum Gasteiger partial charge on any atom is -0.490 e. The molecule has 0 bridgehead atoms. The number of ether oxygens (including phenoxy) is 2. The molecular weight excluding hydrogens is 354 g/mol. The van der Waals surface area contributed by atoms with Gasteiger partial charge in [-0.3, -0.25) is 0 Å². The first-order valence-electron chi connectivity index (χ1n) is 9.28. The second-order valence-electron chi connectivity index (χ2n) is 6.53. The Morgan fingerprint density at radius 3 is 2.71 bits per heavy atom. The molecule has 1 N–H and O–H groups in total. The van der Waals surface area contributed by atoms with Gasteiger partial charge in [0, 0.05) is 24.1 Å². The average molecular weight is 373 g/mol. The van der Waals surface area contributed by atoms with Crippen molar-refractivity contribution in [2.24, 2.45) is 0 Å². The third kappa shape index (κ3) is 3.11. The first-order chi connectivity index (χ1) is 13.9. The summed E-state index contributed by atoms with van der Waals surface area (Å²) in [5.41, 5.74) is 2.71. The van der Waals surface area contributed by atoms with E-state index in [9.17, 15) is 0 Å². The van der Waals surface area contributed by atoms with Crippen LogP contribution in [-0.4, -0.2) is 33.0 Å². The molecule has 0 saturated heterocycles. The van der Waals surface area contributed by atoms with E-state index in [0.29, 0.717) is 31.2 Å². The number of aromatic nitrogens is 4. The number of benzene rings is 2. The van der Waals surface area contributed by atoms with Crippen molar-refractivity contribution in [2.75, 3.05) is 18.5 Å². The maximum absolute atomic E-state index is 5.89. The molecule has 0 saturated carbocycles. The Morgan fingerprint density at radius 1 is 0.893 bits per heavy atom. The van der Waals surface area contributed by atoms with E-state index in [1.807, 2.05) is 60.7 Å². The Balaban J connectivity index is 1.42. The maximum atomic E-state index is 5.89. The Kier molecular flexibility index (Phi) is 4.25. The highest BCUT2D eigenvalue weighted by molar-refractivity contribution is 5.59. The van der Waals surface area contributed by atoms with Gasteiger partial charge < -0.3 is 14.8 Å². The van der Waals surface area contributed by atoms with Crippen molar-refractivity contribution < 1.29 is 9.47 Å². The molecule has 140 valence electrons. The minimum absolute atomic E-state index is 0.577. The molecule has 0 radical (unpaired) electrons. The zero-order valence-electron chi connectivity index (χ0n) is 15.2. The van der Waals surface area contributed by atoms with Crippen molar-refractivity contribution >= 4 is 11.5 Å². The molecule has 3 heterocycles. The van der Waals surface area contributed by atoms with Gasteiger partial charge in [0.2, 0.25) is 0 Å². The van der Waals surface area contributed by atoms with Crippen LogP contribution in [0.15, 0.2) is 60.7 Å². The molecule has 5 rings (SSSR count). The number of para-hydroxylation sites is 1. The summed E-state index contributed by atoms with van der Waals surface area (Å²) in [6, 6.07) is 19.7. The van der Waals surface area contributed by atoms with Gasteiger partial charge in [0.1, 0.15) is 5.82 Å². The first kappa shape index (κ1) is 16.6. The van der Waals surface area contributed by atoms with Crippen LogP contribution in [-0.2, 0) is 6.54 Å². The lowest BCUT2D eigenvalue weighted by Crippen LogP contribution is -2.06. The summed E-state index contributed by atoms with van der Waals surface area (Å²) >= 11 is 0. The Labute approximate surface area is 161 Å². The third-order valence-corrected chi connectivity index (χ3v) is 4.61. The van der Waals surface area contributed by atoms with E-state index in [1.54, 1.807) is 4.52 Å². The molecule has 4 aromatic rings. The van der Waals surface area contributed by atoms with E-state index in [4.69, 9.17) is 9.47 Å². The number of anilines is 1. The molecule has 0 aliphatic carbocycles. The molecule has 2 aromatic carbocycles. The number of nitrogens with zero attached hydrogens (tertiary/aromatic N) is 4. The zero-order valence-corrected chi connectivity index (χ0v) is 15.2. The Morgan fingerprint density at radius 2 is 1.79 bits per heavy atom. The van der Waals surface area contributed by atoms with Gasteiger partial charge in [-0.25, -0.2) is 0 Å². The largest absolute Gasteiger partial charge is 0.490 e. The van der Waals surface area contributed by atoms with Crippen LogP contribution in [0, 0.1) is 0 Å². The van der Waals surface area contributed by atoms with Crippen LogP contribution in [0.1, 0.15) is 12.0 Å². The second-order valence-corrected chi connectivity index (χ2v) is 6.53. The molecule has 0 unspecified atom stereocenters. The van der Waals surface area contributed by atoms with Gasteiger partial charge in [-0.15, -0.1) is 15.3 Å². The fourth-order valence-corrected chi connectivity index (χ4v) is 3.23. The number of fused-ring (bicyclic) bond motifs is 2. The van der Waals surface area contributed by atoms with Gasteiger partial charge in [-0.1, -0.05) is 42.5 Å². The van der Waals surface area contributed by atoms with Gasteiger partial charge in [0.25, 0.3) is 0 Å². The summed E-state index contributed by atoms with van der Waals surface area (Å²) < 4.78 is 13.4. The molecule has 1 aliphatic rings. The van der Waals surface area contributed by atoms with Gasteiger partial charge in [0.15, 0.2) is 23.0 Å². The summed E-state index contributed by atoms with van der Waals surface area (Å²) in [7, 11) is 0. The van der Waals surface area contributed by atoms with E-state index < -0.39 is 0 Å². The van der Waals surface area contributed by atoms with E-state index in [-0.39, 0.29) is 0 Å². The van der Waals surface area contributed by atoms with Crippen LogP contribution in [0.4, 0.5) is 5.82 Å². The van der Waals surface area contributed by atoms with Crippen LogP contribution < -0.4 is 14.8 Å². The van der Waals surface area contributed by atoms with Crippen molar-refractivity contribution in [1.29, 1.82) is 0 Å². The summed E-state index contributed by atoms with van der Waals surface area (Å²) in [5.74, 6) is 3.05. The van der Waals surface area contributed by atoms with Crippen molar-refractivity contribution in [3.8, 4) is 22.9 Å². The lowest BCUT2D eigenvalue weighted by Gasteiger charge is -2.13. The number of rotatable bonds is 4. The summed E-state index contributed by atoms with van der Waals surface area (Å²) in [5, 5.41) is 16.5. The fourth-order valence-electron chi connectivity index (χ4n) is 3.23. The molecule has 7 nitrogen and oxygen atoms in total. The van der Waals surface area contributed by atoms with E-state index in [1.165, 1.54) is 0 Å². The predicted octanol–water partition coefficient (Wildman–Crippen LogP) is 3.56. The topological polar surface area (TPSA) is 73.6 Å². The third-order valence-electron chi connectivity index (χ3n) is 4.61. The molecule has 0 fully saturated rings. The van der Waals surface area contributed by atoms with E-state index in [2.05, 4.69) is 20.6 Å². The molecule has 0 spiro atoms. The van der Waals surface area contributed by atoms with Crippen LogP contribution in [0.3, 0.4) is 0 Å². The highest BCUT2D eigenvalue weighted by Gasteiger charge is 2.15. The molecule has 7 heteroatoms. The lowest BCUT2D eigenvalue weighted by atomic mass is 10.2. The number of nitrogens with one attached hydrogen (secondary N) is 1. The first-order valence-corrected chi connectivity index (χ1v) is 9.28. The van der Waals surface area contributed by atoms with Gasteiger partial charge in [0.05, 0.1) is 13.2 Å². The summed E-state index contributed by atoms with van der Waals surface area (Å²) in [6.07, 6.45) is 0.885. The molecule has 2 aromatic heterocycles. The molecule has 1 aliphatic heterocycles. The van der Waals surface area contributed by atoms with Crippen LogP contribution in [0.5, 0.6) is 11.5 Å². The van der Waals surface area contributed by atoms with Crippen molar-refractivity contribution in [3.63, 3.8) is 0 Å². The molecule has 0 amide bonds. The van der Waals surface area contributed by atoms with Crippen LogP contribution in [0.2, 0.25) is 0 Å². The van der Waals surface area contributed by atoms with E-state index in [0.717, 1.165) is 34.9 Å². The number of hydrogen-bond donors (Lipinski definition) is 1. The zero-order chi connectivity index (χ0) is 18.8. The minimum atomic E-state index is 0.577. The second kappa shape index (κ2) is 7.19. The monoisotopic (exact) mass is 373 g/mol. The Bertz CT molecular complexity index is 1110. The average Bonchev–Trinajstić information content (AvgIpc) is 3.01. The predicted molar refractivity (Wildman–Crippen MR) is 106 cm³/mol. The highest BCUT2D eigenvalue weighted by Crippen LogP contribution is 2.33. The fraction of sp³-hybridized carbons (Fsp3) is 0.190. The highest BCUT2D eigenvalue weighted by atomic mass is 16.5. The van der Waals surface area contributed by atoms with Crippen molar-refractivity contribution in [1.82, 2.24) is 19.8 Å². The standard InChI is InChI=1S/C21H19N5O2/c1-2-6-15(7-3-1)21-24-23-19-11-10-18(25-26(19)21)22-14-16-8-4-9-17-20(16)28-13-5-12-27-17/h1-4,6-11H,5,12-14H2,(H,22,25). The van der Waals surface area contributed by atoms with Gasteiger partial charge in [-0.2, -0.15) is 4.52 Å². The molecule has 0 atom stereocenters. The van der Waals surface area contributed by atoms with E-state index >= 15 is 0 Å². The quantitative estimate of drug-likeness (QED) is 0.590. The van der Waals surface area contributed by atoms with Gasteiger partial charge in [-0.05, 0) is 18.2 Å². The Hall–Kier alpha value is -3.61. The lowest BCUT2D eigenvalue weighted by molar-refractivity contribution is 0.296. The van der Waals surface area contributed by atoms with Crippen LogP contribution in [0.25, 0.3) is 17.0 Å². The van der Waals surface area contributed by atoms with Crippen LogP contribution >= 0.6 is 0 Å². The molecule has 28 heavy (non-hydrogen) atoms. The van der Waals surface area contributed by atoms with Crippen molar-refractivity contribution in [3.05, 3.63) is 66.2 Å². The smallest absolute Gasteiger partial charge is 0.185 e. The molecular formula is C21H19N5O2. The summed E-state index contributed by atoms with van der Waals surface area (Å²) in [4.78, 5) is 0. The number of hydrogen-bond acceptors (Lipinski definition) is 6.